The first kappa shape index (κ1) is 19.4. The molecule has 0 amide bonds. The number of anilines is 1. The number of imidazole rings is 1. The molecule has 0 spiro atoms. The lowest BCUT2D eigenvalue weighted by Crippen LogP contribution is -2.35. The first-order valence-electron chi connectivity index (χ1n) is 10.1. The van der Waals surface area contributed by atoms with Crippen LogP contribution >= 0.6 is 0 Å². The second kappa shape index (κ2) is 7.46. The third-order valence-electron chi connectivity index (χ3n) is 6.38. The first-order valence-corrected chi connectivity index (χ1v) is 10.1. The highest BCUT2D eigenvalue weighted by molar-refractivity contribution is 5.82. The van der Waals surface area contributed by atoms with Crippen molar-refractivity contribution in [2.45, 2.75) is 63.7 Å². The van der Waals surface area contributed by atoms with E-state index in [1.54, 1.807) is 10.9 Å². The van der Waals surface area contributed by atoms with Gasteiger partial charge < -0.3 is 30.4 Å². The summed E-state index contributed by atoms with van der Waals surface area (Å²) in [5, 5.41) is 30.6. The first-order chi connectivity index (χ1) is 13.5. The molecule has 9 nitrogen and oxygen atoms in total. The topological polar surface area (TPSA) is 140 Å². The van der Waals surface area contributed by atoms with E-state index in [0.717, 1.165) is 12.8 Å². The van der Waals surface area contributed by atoms with Crippen LogP contribution in [-0.2, 0) is 0 Å². The van der Waals surface area contributed by atoms with E-state index in [4.69, 9.17) is 10.5 Å². The molecule has 2 aliphatic carbocycles. The van der Waals surface area contributed by atoms with E-state index in [1.807, 2.05) is 0 Å². The highest BCUT2D eigenvalue weighted by Crippen LogP contribution is 2.67. The average molecular weight is 391 g/mol. The number of aromatic nitrogens is 4. The van der Waals surface area contributed by atoms with Gasteiger partial charge in [-0.15, -0.1) is 0 Å². The molecule has 0 aromatic carbocycles. The fourth-order valence-electron chi connectivity index (χ4n) is 4.62. The number of fused-ring (bicyclic) bond motifs is 2. The molecule has 2 unspecified atom stereocenters. The molecule has 2 aromatic heterocycles. The highest BCUT2D eigenvalue weighted by atomic mass is 16.5. The summed E-state index contributed by atoms with van der Waals surface area (Å²) in [6.07, 6.45) is 5.89. The largest absolute Gasteiger partial charge is 0.463 e. The van der Waals surface area contributed by atoms with Crippen molar-refractivity contribution in [3.63, 3.8) is 0 Å². The summed E-state index contributed by atoms with van der Waals surface area (Å²) in [7, 11) is 0. The number of hydrogen-bond donors (Lipinski definition) is 4. The fourth-order valence-corrected chi connectivity index (χ4v) is 4.62. The van der Waals surface area contributed by atoms with E-state index in [2.05, 4.69) is 21.9 Å². The van der Waals surface area contributed by atoms with Gasteiger partial charge in [-0.3, -0.25) is 0 Å². The van der Waals surface area contributed by atoms with Gasteiger partial charge in [0.25, 0.3) is 0 Å². The second-order valence-electron chi connectivity index (χ2n) is 8.11. The SMILES string of the molecule is CCCCCCCOc1nc(N)c2ncn([C@H]3C(O)C(O)[C@]4(CO)C[C@H]34)c2n1. The van der Waals surface area contributed by atoms with Crippen LogP contribution in [0.4, 0.5) is 5.82 Å². The van der Waals surface area contributed by atoms with Gasteiger partial charge in [-0.25, -0.2) is 4.98 Å². The van der Waals surface area contributed by atoms with Gasteiger partial charge in [0.2, 0.25) is 0 Å². The van der Waals surface area contributed by atoms with Crippen molar-refractivity contribution in [3.8, 4) is 6.01 Å². The van der Waals surface area contributed by atoms with Crippen molar-refractivity contribution in [2.24, 2.45) is 11.3 Å². The Morgan fingerprint density at radius 3 is 2.75 bits per heavy atom. The zero-order valence-corrected chi connectivity index (χ0v) is 16.2. The Bertz CT molecular complexity index is 843. The minimum Gasteiger partial charge on any atom is -0.463 e. The van der Waals surface area contributed by atoms with Gasteiger partial charge >= 0.3 is 6.01 Å². The lowest BCUT2D eigenvalue weighted by Gasteiger charge is -2.23. The Balaban J connectivity index is 1.53. The molecule has 9 heteroatoms. The summed E-state index contributed by atoms with van der Waals surface area (Å²) >= 11 is 0. The van der Waals surface area contributed by atoms with E-state index in [1.165, 1.54) is 19.3 Å². The van der Waals surface area contributed by atoms with Crippen molar-refractivity contribution in [3.05, 3.63) is 6.33 Å². The van der Waals surface area contributed by atoms with E-state index >= 15 is 0 Å². The maximum absolute atomic E-state index is 10.6. The Hall–Kier alpha value is -1.97. The predicted molar refractivity (Wildman–Crippen MR) is 103 cm³/mol. The molecule has 0 aliphatic heterocycles. The number of rotatable bonds is 9. The third kappa shape index (κ3) is 3.01. The minimum absolute atomic E-state index is 0.0287. The van der Waals surface area contributed by atoms with E-state index in [9.17, 15) is 15.3 Å². The maximum atomic E-state index is 10.6. The van der Waals surface area contributed by atoms with Crippen LogP contribution in [0.15, 0.2) is 6.33 Å². The van der Waals surface area contributed by atoms with Crippen LogP contribution < -0.4 is 10.5 Å². The number of aliphatic hydroxyl groups is 3. The Morgan fingerprint density at radius 2 is 2.04 bits per heavy atom. The lowest BCUT2D eigenvalue weighted by molar-refractivity contribution is -0.0300. The van der Waals surface area contributed by atoms with Crippen LogP contribution in [0.2, 0.25) is 0 Å². The number of ether oxygens (including phenoxy) is 1. The average Bonchev–Trinajstić information content (AvgIpc) is 3.20. The number of nitrogens with zero attached hydrogens (tertiary/aromatic N) is 4. The van der Waals surface area contributed by atoms with Crippen LogP contribution in [0.3, 0.4) is 0 Å². The lowest BCUT2D eigenvalue weighted by atomic mass is 10.0. The minimum atomic E-state index is -0.998. The zero-order valence-electron chi connectivity index (χ0n) is 16.2. The molecule has 4 rings (SSSR count). The van der Waals surface area contributed by atoms with Crippen molar-refractivity contribution >= 4 is 17.0 Å². The zero-order chi connectivity index (χ0) is 19.9. The number of nitrogens with two attached hydrogens (primary N) is 1. The van der Waals surface area contributed by atoms with Crippen molar-refractivity contribution in [1.82, 2.24) is 19.5 Å². The van der Waals surface area contributed by atoms with Gasteiger partial charge in [0.1, 0.15) is 6.10 Å². The number of nitrogen functional groups attached to an aromatic ring is 1. The molecule has 28 heavy (non-hydrogen) atoms. The van der Waals surface area contributed by atoms with Gasteiger partial charge in [-0.1, -0.05) is 32.6 Å². The predicted octanol–water partition coefficient (Wildman–Crippen LogP) is 1.03. The standard InChI is InChI=1S/C19H29N5O4/c1-2-3-4-5-6-7-28-18-22-16(20)12-17(23-18)24(10-21-12)13-11-8-19(11,9-25)15(27)14(13)26/h10-11,13-15,25-27H,2-9H2,1H3,(H2,20,22,23)/t11-,13-,14?,15?,19+/m1/s1. The number of aliphatic hydroxyl groups excluding tert-OH is 3. The molecule has 0 saturated heterocycles. The van der Waals surface area contributed by atoms with Crippen LogP contribution in [0.1, 0.15) is 51.5 Å². The number of unbranched alkanes of at least 4 members (excludes halogenated alkanes) is 4. The summed E-state index contributed by atoms with van der Waals surface area (Å²) in [4.78, 5) is 12.9. The van der Waals surface area contributed by atoms with Crippen LogP contribution in [0.5, 0.6) is 6.01 Å². The molecular weight excluding hydrogens is 362 g/mol. The van der Waals surface area contributed by atoms with Gasteiger partial charge in [0, 0.05) is 5.41 Å². The molecule has 2 heterocycles. The summed E-state index contributed by atoms with van der Waals surface area (Å²) in [5.74, 6) is 0.195. The van der Waals surface area contributed by atoms with Crippen molar-refractivity contribution in [2.75, 3.05) is 18.9 Å². The molecule has 2 saturated carbocycles. The molecule has 5 atom stereocenters. The molecule has 154 valence electrons. The quantitative estimate of drug-likeness (QED) is 0.465. The molecular formula is C19H29N5O4. The van der Waals surface area contributed by atoms with E-state index in [0.29, 0.717) is 24.2 Å². The summed E-state index contributed by atoms with van der Waals surface area (Å²) < 4.78 is 7.43. The van der Waals surface area contributed by atoms with Gasteiger partial charge in [-0.05, 0) is 18.8 Å². The smallest absolute Gasteiger partial charge is 0.320 e. The highest BCUT2D eigenvalue weighted by Gasteiger charge is 2.71. The Labute approximate surface area is 163 Å². The second-order valence-corrected chi connectivity index (χ2v) is 8.11. The summed E-state index contributed by atoms with van der Waals surface area (Å²) in [6.45, 7) is 2.55. The maximum Gasteiger partial charge on any atom is 0.320 e. The number of hydrogen-bond acceptors (Lipinski definition) is 8. The van der Waals surface area contributed by atoms with Gasteiger partial charge in [-0.2, -0.15) is 9.97 Å². The van der Waals surface area contributed by atoms with Crippen molar-refractivity contribution < 1.29 is 20.1 Å². The molecule has 5 N–H and O–H groups in total. The Morgan fingerprint density at radius 1 is 1.25 bits per heavy atom. The summed E-state index contributed by atoms with van der Waals surface area (Å²) in [5.41, 5.74) is 6.33. The monoisotopic (exact) mass is 391 g/mol. The molecule has 0 bridgehead atoms. The van der Waals surface area contributed by atoms with E-state index in [-0.39, 0.29) is 24.4 Å². The fraction of sp³-hybridized carbons (Fsp3) is 0.737. The van der Waals surface area contributed by atoms with E-state index < -0.39 is 23.7 Å². The molecule has 0 radical (unpaired) electrons. The van der Waals surface area contributed by atoms with Gasteiger partial charge in [0.05, 0.1) is 31.7 Å². The molecule has 2 fully saturated rings. The van der Waals surface area contributed by atoms with Crippen LogP contribution in [0.25, 0.3) is 11.2 Å². The van der Waals surface area contributed by atoms with Crippen molar-refractivity contribution in [1.29, 1.82) is 0 Å². The van der Waals surface area contributed by atoms with Crippen LogP contribution in [0, 0.1) is 11.3 Å². The summed E-state index contributed by atoms with van der Waals surface area (Å²) in [6, 6.07) is -0.220. The molecule has 2 aliphatic rings. The van der Waals surface area contributed by atoms with Crippen LogP contribution in [-0.4, -0.2) is 60.3 Å². The Kier molecular flexibility index (Phi) is 5.15. The third-order valence-corrected chi connectivity index (χ3v) is 6.38. The molecule has 2 aromatic rings. The van der Waals surface area contributed by atoms with Gasteiger partial charge in [0.15, 0.2) is 17.0 Å². The normalized spacial score (nSPS) is 31.3.